The molecule has 0 aromatic heterocycles. The Balaban J connectivity index is 2.55. The lowest BCUT2D eigenvalue weighted by Gasteiger charge is -2.12. The third-order valence-corrected chi connectivity index (χ3v) is 2.57. The van der Waals surface area contributed by atoms with E-state index in [0.717, 1.165) is 12.1 Å². The van der Waals surface area contributed by atoms with Crippen LogP contribution in [-0.2, 0) is 27.0 Å². The second-order valence-corrected chi connectivity index (χ2v) is 4.14. The van der Waals surface area contributed by atoms with E-state index < -0.39 is 29.7 Å². The van der Waals surface area contributed by atoms with Gasteiger partial charge in [0, 0.05) is 6.54 Å². The van der Waals surface area contributed by atoms with Crippen molar-refractivity contribution in [1.29, 1.82) is 0 Å². The second kappa shape index (κ2) is 7.07. The van der Waals surface area contributed by atoms with Gasteiger partial charge in [0.05, 0.1) is 12.2 Å². The summed E-state index contributed by atoms with van der Waals surface area (Å²) in [6.07, 6.45) is -4.41. The number of esters is 1. The Morgan fingerprint density at radius 2 is 1.86 bits per heavy atom. The van der Waals surface area contributed by atoms with Crippen molar-refractivity contribution < 1.29 is 27.5 Å². The largest absolute Gasteiger partial charge is 0.464 e. The summed E-state index contributed by atoms with van der Waals surface area (Å²) in [6, 6.07) is 2.83. The van der Waals surface area contributed by atoms with E-state index in [4.69, 9.17) is 5.73 Å². The number of carbonyl (C=O) groups is 2. The zero-order valence-electron chi connectivity index (χ0n) is 11.2. The molecule has 0 aliphatic heterocycles. The highest BCUT2D eigenvalue weighted by Gasteiger charge is 2.30. The van der Waals surface area contributed by atoms with Gasteiger partial charge in [-0.25, -0.2) is 4.79 Å². The van der Waals surface area contributed by atoms with E-state index in [1.807, 2.05) is 0 Å². The molecule has 0 radical (unpaired) electrons. The number of hydrogen-bond acceptors (Lipinski definition) is 4. The Hall–Kier alpha value is -2.09. The maximum atomic E-state index is 12.4. The van der Waals surface area contributed by atoms with Gasteiger partial charge in [-0.2, -0.15) is 13.2 Å². The van der Waals surface area contributed by atoms with Crippen LogP contribution in [-0.4, -0.2) is 24.5 Å². The molecular weight excluding hydrogens is 289 g/mol. The summed E-state index contributed by atoms with van der Waals surface area (Å²) in [6.45, 7) is 1.63. The van der Waals surface area contributed by atoms with Crippen LogP contribution < -0.4 is 11.1 Å². The molecule has 1 aromatic carbocycles. The summed E-state index contributed by atoms with van der Waals surface area (Å²) >= 11 is 0. The third-order valence-electron chi connectivity index (χ3n) is 2.57. The Bertz CT molecular complexity index is 500. The minimum Gasteiger partial charge on any atom is -0.464 e. The molecule has 1 aromatic rings. The summed E-state index contributed by atoms with van der Waals surface area (Å²) in [5.41, 5.74) is 5.03. The van der Waals surface area contributed by atoms with Crippen molar-refractivity contribution in [3.63, 3.8) is 0 Å². The fourth-order valence-corrected chi connectivity index (χ4v) is 1.45. The Labute approximate surface area is 119 Å². The molecule has 1 amide bonds. The van der Waals surface area contributed by atoms with Crippen molar-refractivity contribution >= 4 is 11.9 Å². The first-order valence-electron chi connectivity index (χ1n) is 6.11. The van der Waals surface area contributed by atoms with Gasteiger partial charge in [0.25, 0.3) is 0 Å². The number of rotatable bonds is 5. The smallest absolute Gasteiger partial charge is 0.416 e. The Kier molecular flexibility index (Phi) is 5.71. The number of nitrogens with one attached hydrogen (secondary N) is 1. The topological polar surface area (TPSA) is 81.4 Å². The van der Waals surface area contributed by atoms with Gasteiger partial charge in [0.2, 0.25) is 5.91 Å². The van der Waals surface area contributed by atoms with Gasteiger partial charge in [0.15, 0.2) is 6.04 Å². The number of amides is 1. The zero-order chi connectivity index (χ0) is 16.0. The first kappa shape index (κ1) is 17.0. The molecule has 0 spiro atoms. The summed E-state index contributed by atoms with van der Waals surface area (Å²) < 4.78 is 41.7. The highest BCUT2D eigenvalue weighted by molar-refractivity contribution is 6.01. The van der Waals surface area contributed by atoms with Gasteiger partial charge in [-0.05, 0) is 24.6 Å². The third kappa shape index (κ3) is 5.07. The standard InChI is InChI=1S/C13H15F3N2O3/c1-2-21-12(20)10(17)11(19)18-7-8-3-5-9(6-4-8)13(14,15)16/h3-6,10H,2,7,17H2,1H3,(H,18,19). The number of ether oxygens (including phenoxy) is 1. The lowest BCUT2D eigenvalue weighted by atomic mass is 10.1. The van der Waals surface area contributed by atoms with E-state index in [9.17, 15) is 22.8 Å². The van der Waals surface area contributed by atoms with Crippen LogP contribution in [0.1, 0.15) is 18.1 Å². The number of hydrogen-bond donors (Lipinski definition) is 2. The summed E-state index contributed by atoms with van der Waals surface area (Å²) in [7, 11) is 0. The first-order valence-corrected chi connectivity index (χ1v) is 6.11. The molecule has 21 heavy (non-hydrogen) atoms. The van der Waals surface area contributed by atoms with Crippen molar-refractivity contribution in [2.24, 2.45) is 5.73 Å². The SMILES string of the molecule is CCOC(=O)C(N)C(=O)NCc1ccc(C(F)(F)F)cc1. The monoisotopic (exact) mass is 304 g/mol. The quantitative estimate of drug-likeness (QED) is 0.633. The summed E-state index contributed by atoms with van der Waals surface area (Å²) in [4.78, 5) is 22.8. The van der Waals surface area contributed by atoms with Crippen molar-refractivity contribution in [3.8, 4) is 0 Å². The predicted molar refractivity (Wildman–Crippen MR) is 67.9 cm³/mol. The van der Waals surface area contributed by atoms with E-state index in [2.05, 4.69) is 10.1 Å². The van der Waals surface area contributed by atoms with Gasteiger partial charge < -0.3 is 15.8 Å². The van der Waals surface area contributed by atoms with E-state index >= 15 is 0 Å². The second-order valence-electron chi connectivity index (χ2n) is 4.14. The molecule has 0 bridgehead atoms. The fourth-order valence-electron chi connectivity index (χ4n) is 1.45. The molecule has 8 heteroatoms. The van der Waals surface area contributed by atoms with E-state index in [0.29, 0.717) is 5.56 Å². The molecule has 5 nitrogen and oxygen atoms in total. The molecule has 0 saturated carbocycles. The molecule has 1 atom stereocenters. The number of alkyl halides is 3. The van der Waals surface area contributed by atoms with Crippen molar-refractivity contribution in [2.75, 3.05) is 6.61 Å². The average molecular weight is 304 g/mol. The normalized spacial score (nSPS) is 12.6. The molecule has 0 fully saturated rings. The van der Waals surface area contributed by atoms with Crippen LogP contribution in [0.5, 0.6) is 0 Å². The van der Waals surface area contributed by atoms with E-state index in [1.165, 1.54) is 12.1 Å². The molecule has 1 rings (SSSR count). The van der Waals surface area contributed by atoms with Gasteiger partial charge in [0.1, 0.15) is 0 Å². The first-order chi connectivity index (χ1) is 9.75. The average Bonchev–Trinajstić information content (AvgIpc) is 2.43. The Morgan fingerprint density at radius 3 is 2.33 bits per heavy atom. The predicted octanol–water partition coefficient (Wildman–Crippen LogP) is 1.21. The summed E-state index contributed by atoms with van der Waals surface area (Å²) in [5, 5.41) is 2.35. The van der Waals surface area contributed by atoms with Gasteiger partial charge in [-0.1, -0.05) is 12.1 Å². The van der Waals surface area contributed by atoms with Crippen molar-refractivity contribution in [2.45, 2.75) is 25.7 Å². The van der Waals surface area contributed by atoms with Crippen LogP contribution in [0.15, 0.2) is 24.3 Å². The molecule has 0 aliphatic rings. The number of nitrogens with two attached hydrogens (primary N) is 1. The van der Waals surface area contributed by atoms with Crippen LogP contribution in [0.2, 0.25) is 0 Å². The highest BCUT2D eigenvalue weighted by Crippen LogP contribution is 2.28. The number of carbonyl (C=O) groups excluding carboxylic acids is 2. The highest BCUT2D eigenvalue weighted by atomic mass is 19.4. The maximum Gasteiger partial charge on any atom is 0.416 e. The maximum absolute atomic E-state index is 12.4. The molecule has 3 N–H and O–H groups in total. The van der Waals surface area contributed by atoms with Crippen LogP contribution in [0.25, 0.3) is 0 Å². The molecular formula is C13H15F3N2O3. The van der Waals surface area contributed by atoms with Crippen molar-refractivity contribution in [3.05, 3.63) is 35.4 Å². The molecule has 1 unspecified atom stereocenters. The minimum atomic E-state index is -4.41. The van der Waals surface area contributed by atoms with E-state index in [-0.39, 0.29) is 13.2 Å². The number of halogens is 3. The summed E-state index contributed by atoms with van der Waals surface area (Å²) in [5.74, 6) is -1.62. The minimum absolute atomic E-state index is 0.0376. The Morgan fingerprint density at radius 1 is 1.29 bits per heavy atom. The molecule has 116 valence electrons. The lowest BCUT2D eigenvalue weighted by molar-refractivity contribution is -0.148. The van der Waals surface area contributed by atoms with Gasteiger partial charge in [-0.3, -0.25) is 4.79 Å². The molecule has 0 heterocycles. The van der Waals surface area contributed by atoms with Gasteiger partial charge in [-0.15, -0.1) is 0 Å². The number of benzene rings is 1. The molecule has 0 aliphatic carbocycles. The van der Waals surface area contributed by atoms with Gasteiger partial charge >= 0.3 is 12.1 Å². The van der Waals surface area contributed by atoms with Crippen LogP contribution in [0.4, 0.5) is 13.2 Å². The van der Waals surface area contributed by atoms with Crippen LogP contribution in [0.3, 0.4) is 0 Å². The van der Waals surface area contributed by atoms with Crippen LogP contribution >= 0.6 is 0 Å². The van der Waals surface area contributed by atoms with Crippen molar-refractivity contribution in [1.82, 2.24) is 5.32 Å². The lowest BCUT2D eigenvalue weighted by Crippen LogP contribution is -2.46. The fraction of sp³-hybridized carbons (Fsp3) is 0.385. The van der Waals surface area contributed by atoms with Crippen LogP contribution in [0, 0.1) is 0 Å². The van der Waals surface area contributed by atoms with E-state index in [1.54, 1.807) is 6.92 Å². The molecule has 0 saturated heterocycles. The zero-order valence-corrected chi connectivity index (χ0v) is 11.2.